The van der Waals surface area contributed by atoms with Crippen LogP contribution in [0.5, 0.6) is 5.75 Å². The Hall–Kier alpha value is -3.98. The van der Waals surface area contributed by atoms with E-state index in [4.69, 9.17) is 4.74 Å². The first-order chi connectivity index (χ1) is 16.7. The zero-order valence-corrected chi connectivity index (χ0v) is 21.1. The molecular formula is C26H25BrN4O4. The lowest BCUT2D eigenvalue weighted by molar-refractivity contribution is -0.136. The fourth-order valence-electron chi connectivity index (χ4n) is 3.01. The topological polar surface area (TPSA) is 109 Å². The summed E-state index contributed by atoms with van der Waals surface area (Å²) in [6.45, 7) is 5.55. The van der Waals surface area contributed by atoms with Crippen LogP contribution in [0.1, 0.15) is 22.3 Å². The highest BCUT2D eigenvalue weighted by molar-refractivity contribution is 9.10. The molecule has 0 unspecified atom stereocenters. The van der Waals surface area contributed by atoms with Gasteiger partial charge in [0.2, 0.25) is 0 Å². The zero-order chi connectivity index (χ0) is 25.4. The Morgan fingerprint density at radius 3 is 2.40 bits per heavy atom. The number of nitrogens with one attached hydrogen (secondary N) is 3. The summed E-state index contributed by atoms with van der Waals surface area (Å²) < 4.78 is 6.40. The molecule has 3 amide bonds. The van der Waals surface area contributed by atoms with Gasteiger partial charge in [0.05, 0.1) is 6.21 Å². The molecule has 0 fully saturated rings. The highest BCUT2D eigenvalue weighted by Gasteiger charge is 2.14. The molecule has 0 saturated carbocycles. The fourth-order valence-corrected chi connectivity index (χ4v) is 3.39. The standard InChI is InChI=1S/C26H25BrN4O4/c1-16-8-10-21(12-18(16)3)29-25(33)26(34)31-28-14-19-13-20(27)9-11-23(19)35-15-24(32)30-22-7-5-4-6-17(22)2/h4-14H,15H2,1-3H3,(H,29,33)(H,30,32)(H,31,34)/b28-14-. The van der Waals surface area contributed by atoms with Gasteiger partial charge in [0, 0.05) is 21.4 Å². The van der Waals surface area contributed by atoms with Gasteiger partial charge in [0.25, 0.3) is 5.91 Å². The largest absolute Gasteiger partial charge is 0.483 e. The van der Waals surface area contributed by atoms with Crippen LogP contribution in [-0.2, 0) is 14.4 Å². The number of amides is 3. The molecule has 0 saturated heterocycles. The summed E-state index contributed by atoms with van der Waals surface area (Å²) in [5.41, 5.74) is 6.94. The van der Waals surface area contributed by atoms with Crippen LogP contribution in [-0.4, -0.2) is 30.5 Å². The maximum absolute atomic E-state index is 12.3. The van der Waals surface area contributed by atoms with E-state index in [1.807, 2.05) is 51.1 Å². The van der Waals surface area contributed by atoms with Crippen LogP contribution in [0, 0.1) is 20.8 Å². The number of para-hydroxylation sites is 1. The molecule has 0 aliphatic rings. The van der Waals surface area contributed by atoms with Crippen molar-refractivity contribution in [3.8, 4) is 5.75 Å². The predicted molar refractivity (Wildman–Crippen MR) is 140 cm³/mol. The minimum atomic E-state index is -0.922. The molecule has 0 spiro atoms. The molecule has 0 heterocycles. The van der Waals surface area contributed by atoms with Crippen molar-refractivity contribution in [2.24, 2.45) is 5.10 Å². The third-order valence-electron chi connectivity index (χ3n) is 5.09. The molecule has 0 atom stereocenters. The molecular weight excluding hydrogens is 512 g/mol. The van der Waals surface area contributed by atoms with Gasteiger partial charge in [0.15, 0.2) is 6.61 Å². The fraction of sp³-hybridized carbons (Fsp3) is 0.154. The molecule has 180 valence electrons. The SMILES string of the molecule is Cc1ccc(NC(=O)C(=O)N/N=C\c2cc(Br)ccc2OCC(=O)Nc2ccccc2C)cc1C. The first-order valence-corrected chi connectivity index (χ1v) is 11.5. The lowest BCUT2D eigenvalue weighted by atomic mass is 10.1. The molecule has 9 heteroatoms. The zero-order valence-electron chi connectivity index (χ0n) is 19.5. The van der Waals surface area contributed by atoms with Crippen molar-refractivity contribution >= 4 is 51.2 Å². The van der Waals surface area contributed by atoms with E-state index in [2.05, 4.69) is 37.1 Å². The van der Waals surface area contributed by atoms with Gasteiger partial charge in [-0.2, -0.15) is 5.10 Å². The minimum absolute atomic E-state index is 0.221. The second-order valence-electron chi connectivity index (χ2n) is 7.79. The number of anilines is 2. The number of rotatable bonds is 7. The first kappa shape index (κ1) is 25.6. The minimum Gasteiger partial charge on any atom is -0.483 e. The van der Waals surface area contributed by atoms with Crippen LogP contribution in [0.15, 0.2) is 70.2 Å². The van der Waals surface area contributed by atoms with Crippen LogP contribution in [0.25, 0.3) is 0 Å². The van der Waals surface area contributed by atoms with Gasteiger partial charge in [0.1, 0.15) is 5.75 Å². The lowest BCUT2D eigenvalue weighted by Gasteiger charge is -2.11. The van der Waals surface area contributed by atoms with E-state index in [1.165, 1.54) is 6.21 Å². The monoisotopic (exact) mass is 536 g/mol. The molecule has 0 radical (unpaired) electrons. The second kappa shape index (κ2) is 11.9. The second-order valence-corrected chi connectivity index (χ2v) is 8.70. The van der Waals surface area contributed by atoms with Gasteiger partial charge in [-0.15, -0.1) is 0 Å². The molecule has 3 N–H and O–H groups in total. The van der Waals surface area contributed by atoms with Crippen LogP contribution in [0.4, 0.5) is 11.4 Å². The number of hydrazone groups is 1. The number of hydrogen-bond acceptors (Lipinski definition) is 5. The molecule has 0 aliphatic heterocycles. The number of nitrogens with zero attached hydrogens (tertiary/aromatic N) is 1. The molecule has 35 heavy (non-hydrogen) atoms. The van der Waals surface area contributed by atoms with Crippen molar-refractivity contribution in [1.29, 1.82) is 0 Å². The number of halogens is 1. The molecule has 3 aromatic carbocycles. The Morgan fingerprint density at radius 2 is 1.66 bits per heavy atom. The number of carbonyl (C=O) groups is 3. The number of aryl methyl sites for hydroxylation is 3. The van der Waals surface area contributed by atoms with E-state index in [1.54, 1.807) is 30.3 Å². The Kier molecular flexibility index (Phi) is 8.74. The normalized spacial score (nSPS) is 10.6. The Labute approximate surface area is 211 Å². The van der Waals surface area contributed by atoms with E-state index in [0.29, 0.717) is 22.7 Å². The lowest BCUT2D eigenvalue weighted by Crippen LogP contribution is -2.32. The van der Waals surface area contributed by atoms with E-state index >= 15 is 0 Å². The van der Waals surface area contributed by atoms with Crippen molar-refractivity contribution in [2.75, 3.05) is 17.2 Å². The van der Waals surface area contributed by atoms with Gasteiger partial charge >= 0.3 is 11.8 Å². The highest BCUT2D eigenvalue weighted by atomic mass is 79.9. The van der Waals surface area contributed by atoms with Crippen molar-refractivity contribution in [3.05, 3.63) is 87.4 Å². The summed E-state index contributed by atoms with van der Waals surface area (Å²) >= 11 is 3.37. The van der Waals surface area contributed by atoms with E-state index in [0.717, 1.165) is 21.2 Å². The van der Waals surface area contributed by atoms with Crippen LogP contribution >= 0.6 is 15.9 Å². The predicted octanol–water partition coefficient (Wildman–Crippen LogP) is 4.48. The summed E-state index contributed by atoms with van der Waals surface area (Å²) in [4.78, 5) is 36.6. The molecule has 0 aliphatic carbocycles. The van der Waals surface area contributed by atoms with Crippen molar-refractivity contribution in [3.63, 3.8) is 0 Å². The third-order valence-corrected chi connectivity index (χ3v) is 5.58. The highest BCUT2D eigenvalue weighted by Crippen LogP contribution is 2.22. The third kappa shape index (κ3) is 7.51. The van der Waals surface area contributed by atoms with Crippen molar-refractivity contribution in [1.82, 2.24) is 5.43 Å². The van der Waals surface area contributed by atoms with E-state index in [-0.39, 0.29) is 12.5 Å². The Balaban J connectivity index is 1.58. The van der Waals surface area contributed by atoms with Crippen molar-refractivity contribution < 1.29 is 19.1 Å². The summed E-state index contributed by atoms with van der Waals surface area (Å²) in [5, 5.41) is 9.19. The quantitative estimate of drug-likeness (QED) is 0.235. The Bertz CT molecular complexity index is 1290. The van der Waals surface area contributed by atoms with Gasteiger partial charge in [-0.25, -0.2) is 5.43 Å². The Morgan fingerprint density at radius 1 is 0.886 bits per heavy atom. The molecule has 8 nitrogen and oxygen atoms in total. The summed E-state index contributed by atoms with van der Waals surface area (Å²) in [7, 11) is 0. The van der Waals surface area contributed by atoms with E-state index < -0.39 is 11.8 Å². The summed E-state index contributed by atoms with van der Waals surface area (Å²) in [5.74, 6) is -1.70. The number of benzene rings is 3. The van der Waals surface area contributed by atoms with Crippen LogP contribution in [0.2, 0.25) is 0 Å². The average Bonchev–Trinajstić information content (AvgIpc) is 2.82. The van der Waals surface area contributed by atoms with Crippen molar-refractivity contribution in [2.45, 2.75) is 20.8 Å². The van der Waals surface area contributed by atoms with E-state index in [9.17, 15) is 14.4 Å². The summed E-state index contributed by atoms with van der Waals surface area (Å²) in [6.07, 6.45) is 1.33. The van der Waals surface area contributed by atoms with Gasteiger partial charge in [-0.3, -0.25) is 14.4 Å². The maximum atomic E-state index is 12.3. The first-order valence-electron chi connectivity index (χ1n) is 10.7. The van der Waals surface area contributed by atoms with Gasteiger partial charge in [-0.1, -0.05) is 40.2 Å². The molecule has 3 rings (SSSR count). The average molecular weight is 537 g/mol. The van der Waals surface area contributed by atoms with Crippen LogP contribution < -0.4 is 20.8 Å². The summed E-state index contributed by atoms with van der Waals surface area (Å²) in [6, 6.07) is 17.9. The molecule has 0 aromatic heterocycles. The molecule has 3 aromatic rings. The van der Waals surface area contributed by atoms with Crippen LogP contribution in [0.3, 0.4) is 0 Å². The molecule has 0 bridgehead atoms. The number of hydrogen-bond donors (Lipinski definition) is 3. The number of ether oxygens (including phenoxy) is 1. The van der Waals surface area contributed by atoms with Gasteiger partial charge < -0.3 is 15.4 Å². The maximum Gasteiger partial charge on any atom is 0.329 e. The van der Waals surface area contributed by atoms with Gasteiger partial charge in [-0.05, 0) is 73.9 Å². The smallest absolute Gasteiger partial charge is 0.329 e. The number of carbonyl (C=O) groups excluding carboxylic acids is 3.